The molecule has 156 valence electrons. The first-order valence-corrected chi connectivity index (χ1v) is 9.81. The largest absolute Gasteiger partial charge is 0.493 e. The van der Waals surface area contributed by atoms with Gasteiger partial charge in [0.15, 0.2) is 11.5 Å². The van der Waals surface area contributed by atoms with Crippen molar-refractivity contribution in [2.45, 2.75) is 18.6 Å². The minimum Gasteiger partial charge on any atom is -0.493 e. The zero-order valence-corrected chi connectivity index (χ0v) is 16.9. The molecule has 0 unspecified atom stereocenters. The van der Waals surface area contributed by atoms with Crippen molar-refractivity contribution in [3.63, 3.8) is 0 Å². The molecular formula is C23H24N2O5. The van der Waals surface area contributed by atoms with Gasteiger partial charge in [-0.3, -0.25) is 4.79 Å². The van der Waals surface area contributed by atoms with Crippen LogP contribution in [0.3, 0.4) is 0 Å². The predicted molar refractivity (Wildman–Crippen MR) is 112 cm³/mol. The molecule has 7 heteroatoms. The number of benzene rings is 2. The lowest BCUT2D eigenvalue weighted by Gasteiger charge is -2.35. The minimum absolute atomic E-state index is 0.186. The molecule has 1 aromatic heterocycles. The summed E-state index contributed by atoms with van der Waals surface area (Å²) in [6, 6.07) is 16.5. The third-order valence-corrected chi connectivity index (χ3v) is 5.27. The number of piperidine rings is 1. The van der Waals surface area contributed by atoms with E-state index in [0.29, 0.717) is 35.9 Å². The number of amides is 1. The molecule has 2 heterocycles. The number of aromatic nitrogens is 1. The van der Waals surface area contributed by atoms with E-state index < -0.39 is 12.2 Å². The van der Waals surface area contributed by atoms with Crippen molar-refractivity contribution < 1.29 is 24.1 Å². The van der Waals surface area contributed by atoms with Crippen molar-refractivity contribution in [2.24, 2.45) is 0 Å². The van der Waals surface area contributed by atoms with Crippen molar-refractivity contribution in [3.8, 4) is 17.2 Å². The minimum atomic E-state index is -0.809. The Balaban J connectivity index is 1.42. The maximum Gasteiger partial charge on any atom is 0.272 e. The van der Waals surface area contributed by atoms with Gasteiger partial charge in [-0.1, -0.05) is 24.3 Å². The first kappa shape index (κ1) is 20.0. The smallest absolute Gasteiger partial charge is 0.272 e. The number of aliphatic hydroxyl groups is 1. The molecule has 0 aliphatic carbocycles. The third-order valence-electron chi connectivity index (χ3n) is 5.27. The first-order chi connectivity index (χ1) is 14.6. The number of fused-ring (bicyclic) bond motifs is 1. The molecule has 1 amide bonds. The van der Waals surface area contributed by atoms with E-state index in [1.54, 1.807) is 43.4 Å². The van der Waals surface area contributed by atoms with Gasteiger partial charge < -0.3 is 24.2 Å². The van der Waals surface area contributed by atoms with E-state index in [-0.39, 0.29) is 12.5 Å². The summed E-state index contributed by atoms with van der Waals surface area (Å²) < 4.78 is 16.5. The van der Waals surface area contributed by atoms with Crippen LogP contribution in [-0.4, -0.2) is 60.4 Å². The number of hydrogen-bond donors (Lipinski definition) is 1. The van der Waals surface area contributed by atoms with E-state index >= 15 is 0 Å². The number of nitrogens with zero attached hydrogens (tertiary/aromatic N) is 2. The van der Waals surface area contributed by atoms with Gasteiger partial charge in [0.05, 0.1) is 26.3 Å². The Kier molecular flexibility index (Phi) is 5.72. The van der Waals surface area contributed by atoms with Gasteiger partial charge in [-0.25, -0.2) is 4.98 Å². The zero-order chi connectivity index (χ0) is 21.1. The fraction of sp³-hybridized carbons (Fsp3) is 0.304. The van der Waals surface area contributed by atoms with Crippen LogP contribution < -0.4 is 14.2 Å². The van der Waals surface area contributed by atoms with Gasteiger partial charge in [0.25, 0.3) is 5.91 Å². The molecule has 30 heavy (non-hydrogen) atoms. The lowest BCUT2D eigenvalue weighted by Crippen LogP contribution is -2.51. The number of rotatable bonds is 5. The molecule has 0 bridgehead atoms. The van der Waals surface area contributed by atoms with E-state index in [1.807, 2.05) is 30.3 Å². The Bertz CT molecular complexity index is 1050. The van der Waals surface area contributed by atoms with Crippen LogP contribution in [0.2, 0.25) is 0 Å². The topological polar surface area (TPSA) is 81.1 Å². The monoisotopic (exact) mass is 408 g/mol. The van der Waals surface area contributed by atoms with Crippen LogP contribution in [0.4, 0.5) is 0 Å². The number of carbonyl (C=O) groups is 1. The summed E-state index contributed by atoms with van der Waals surface area (Å²) in [5.41, 5.74) is 1.15. The van der Waals surface area contributed by atoms with Gasteiger partial charge in [-0.05, 0) is 24.3 Å². The molecule has 2 atom stereocenters. The Labute approximate surface area is 174 Å². The van der Waals surface area contributed by atoms with Crippen LogP contribution >= 0.6 is 0 Å². The van der Waals surface area contributed by atoms with Crippen LogP contribution in [0.1, 0.15) is 16.9 Å². The van der Waals surface area contributed by atoms with Gasteiger partial charge >= 0.3 is 0 Å². The number of hydrogen-bond acceptors (Lipinski definition) is 6. The second kappa shape index (κ2) is 8.59. The van der Waals surface area contributed by atoms with Gasteiger partial charge in [0.1, 0.15) is 23.7 Å². The van der Waals surface area contributed by atoms with Crippen LogP contribution in [0, 0.1) is 0 Å². The Morgan fingerprint density at radius 2 is 1.87 bits per heavy atom. The van der Waals surface area contributed by atoms with Gasteiger partial charge in [-0.15, -0.1) is 0 Å². The lowest BCUT2D eigenvalue weighted by atomic mass is 10.0. The second-order valence-corrected chi connectivity index (χ2v) is 7.17. The van der Waals surface area contributed by atoms with E-state index in [2.05, 4.69) is 4.98 Å². The summed E-state index contributed by atoms with van der Waals surface area (Å²) >= 11 is 0. The van der Waals surface area contributed by atoms with Gasteiger partial charge in [-0.2, -0.15) is 0 Å². The molecule has 0 radical (unpaired) electrons. The fourth-order valence-corrected chi connectivity index (χ4v) is 3.64. The number of para-hydroxylation sites is 1. The average Bonchev–Trinajstić information content (AvgIpc) is 2.79. The van der Waals surface area contributed by atoms with Crippen LogP contribution in [0.25, 0.3) is 10.9 Å². The van der Waals surface area contributed by atoms with Crippen molar-refractivity contribution in [2.75, 3.05) is 27.3 Å². The normalized spacial score (nSPS) is 18.8. The van der Waals surface area contributed by atoms with Crippen molar-refractivity contribution in [1.29, 1.82) is 0 Å². The first-order valence-electron chi connectivity index (χ1n) is 9.81. The Morgan fingerprint density at radius 1 is 1.07 bits per heavy atom. The number of aliphatic hydroxyl groups excluding tert-OH is 1. The second-order valence-electron chi connectivity index (χ2n) is 7.17. The van der Waals surface area contributed by atoms with Crippen molar-refractivity contribution in [1.82, 2.24) is 9.88 Å². The molecule has 1 saturated heterocycles. The Hall–Kier alpha value is -3.32. The highest BCUT2D eigenvalue weighted by Crippen LogP contribution is 2.32. The Morgan fingerprint density at radius 3 is 2.63 bits per heavy atom. The molecule has 4 rings (SSSR count). The lowest BCUT2D eigenvalue weighted by molar-refractivity contribution is -0.0201. The SMILES string of the molecule is COc1ccc(O[C@@H]2CCN(C(=O)c3ccc4ccccc4n3)C[C@H]2O)cc1OC. The molecule has 0 saturated carbocycles. The molecule has 1 aliphatic heterocycles. The molecular weight excluding hydrogens is 384 g/mol. The number of β-amino-alcohol motifs (C(OH)–C–C–N with tert-alkyl or cyclic N) is 1. The third kappa shape index (κ3) is 4.02. The van der Waals surface area contributed by atoms with Crippen molar-refractivity contribution in [3.05, 3.63) is 60.3 Å². The molecule has 7 nitrogen and oxygen atoms in total. The number of pyridine rings is 1. The predicted octanol–water partition coefficient (Wildman–Crippen LogP) is 2.91. The number of ether oxygens (including phenoxy) is 3. The molecule has 1 fully saturated rings. The van der Waals surface area contributed by atoms with Gasteiger partial charge in [0.2, 0.25) is 0 Å². The number of carbonyl (C=O) groups excluding carboxylic acids is 1. The summed E-state index contributed by atoms with van der Waals surface area (Å²) in [5.74, 6) is 1.55. The van der Waals surface area contributed by atoms with E-state index in [1.165, 1.54) is 0 Å². The van der Waals surface area contributed by atoms with Crippen LogP contribution in [0.5, 0.6) is 17.2 Å². The molecule has 0 spiro atoms. The zero-order valence-electron chi connectivity index (χ0n) is 16.9. The molecule has 1 N–H and O–H groups in total. The van der Waals surface area contributed by atoms with E-state index in [9.17, 15) is 9.90 Å². The number of methoxy groups -OCH3 is 2. The average molecular weight is 408 g/mol. The highest BCUT2D eigenvalue weighted by molar-refractivity contribution is 5.95. The van der Waals surface area contributed by atoms with Gasteiger partial charge in [0, 0.05) is 24.4 Å². The highest BCUT2D eigenvalue weighted by atomic mass is 16.5. The highest BCUT2D eigenvalue weighted by Gasteiger charge is 2.32. The van der Waals surface area contributed by atoms with E-state index in [4.69, 9.17) is 14.2 Å². The summed E-state index contributed by atoms with van der Waals surface area (Å²) in [6.07, 6.45) is -0.720. The molecule has 1 aliphatic rings. The quantitative estimate of drug-likeness (QED) is 0.699. The fourth-order valence-electron chi connectivity index (χ4n) is 3.64. The maximum atomic E-state index is 12.9. The molecule has 2 aromatic carbocycles. The van der Waals surface area contributed by atoms with Crippen molar-refractivity contribution >= 4 is 16.8 Å². The molecule has 3 aromatic rings. The summed E-state index contributed by atoms with van der Waals surface area (Å²) in [7, 11) is 3.13. The van der Waals surface area contributed by atoms with E-state index in [0.717, 1.165) is 10.9 Å². The summed E-state index contributed by atoms with van der Waals surface area (Å²) in [4.78, 5) is 19.0. The number of likely N-dealkylation sites (tertiary alicyclic amines) is 1. The summed E-state index contributed by atoms with van der Waals surface area (Å²) in [5, 5.41) is 11.6. The van der Waals surface area contributed by atoms with Crippen LogP contribution in [0.15, 0.2) is 54.6 Å². The summed E-state index contributed by atoms with van der Waals surface area (Å²) in [6.45, 7) is 0.660. The standard InChI is InChI=1S/C23H24N2O5/c1-28-21-10-8-16(13-22(21)29-2)30-20-11-12-25(14-19(20)26)23(27)18-9-7-15-5-3-4-6-17(15)24-18/h3-10,13,19-20,26H,11-12,14H2,1-2H3/t19-,20-/m1/s1. The van der Waals surface area contributed by atoms with Crippen LogP contribution in [-0.2, 0) is 0 Å². The maximum absolute atomic E-state index is 12.9.